The molecule has 0 heterocycles. The predicted octanol–water partition coefficient (Wildman–Crippen LogP) is 3.94. The molecule has 0 fully saturated rings. The first-order chi connectivity index (χ1) is 8.15. The van der Waals surface area contributed by atoms with Crippen molar-refractivity contribution in [2.75, 3.05) is 12.8 Å². The van der Waals surface area contributed by atoms with Crippen molar-refractivity contribution in [1.29, 1.82) is 0 Å². The summed E-state index contributed by atoms with van der Waals surface area (Å²) in [4.78, 5) is 1.01. The number of nitrogens with one attached hydrogen (secondary N) is 1. The van der Waals surface area contributed by atoms with E-state index in [0.717, 1.165) is 16.6 Å². The fourth-order valence-corrected chi connectivity index (χ4v) is 2.74. The van der Waals surface area contributed by atoms with Crippen molar-refractivity contribution >= 4 is 11.8 Å². The third-order valence-corrected chi connectivity index (χ3v) is 4.20. The molecule has 96 valence electrons. The van der Waals surface area contributed by atoms with Gasteiger partial charge < -0.3 is 5.32 Å². The molecule has 3 heteroatoms. The van der Waals surface area contributed by atoms with Crippen molar-refractivity contribution in [2.45, 2.75) is 37.6 Å². The van der Waals surface area contributed by atoms with E-state index in [0.29, 0.717) is 6.04 Å². The lowest BCUT2D eigenvalue weighted by Gasteiger charge is -2.19. The molecule has 1 aromatic carbocycles. The normalized spacial score (nSPS) is 14.6. The molecule has 0 bridgehead atoms. The summed E-state index contributed by atoms with van der Waals surface area (Å²) in [5.74, 6) is 1.57. The second-order valence-electron chi connectivity index (χ2n) is 4.50. The maximum atomic E-state index is 13.0. The van der Waals surface area contributed by atoms with Crippen LogP contribution < -0.4 is 5.32 Å². The van der Waals surface area contributed by atoms with Gasteiger partial charge in [-0.1, -0.05) is 26.3 Å². The molecule has 1 N–H and O–H groups in total. The molecule has 2 unspecified atom stereocenters. The summed E-state index contributed by atoms with van der Waals surface area (Å²) in [6.07, 6.45) is 2.39. The Morgan fingerprint density at radius 3 is 2.76 bits per heavy atom. The Kier molecular flexibility index (Phi) is 6.60. The van der Waals surface area contributed by atoms with E-state index in [4.69, 9.17) is 0 Å². The van der Waals surface area contributed by atoms with Crippen LogP contribution in [0, 0.1) is 11.7 Å². The first kappa shape index (κ1) is 14.5. The van der Waals surface area contributed by atoms with Gasteiger partial charge in [-0.15, -0.1) is 11.8 Å². The maximum Gasteiger partial charge on any atom is 0.124 e. The van der Waals surface area contributed by atoms with E-state index in [1.165, 1.54) is 18.9 Å². The van der Waals surface area contributed by atoms with Gasteiger partial charge in [0.2, 0.25) is 0 Å². The second-order valence-corrected chi connectivity index (χ2v) is 5.60. The quantitative estimate of drug-likeness (QED) is 0.741. The molecule has 0 radical (unpaired) electrons. The summed E-state index contributed by atoms with van der Waals surface area (Å²) in [6, 6.07) is 7.31. The summed E-state index contributed by atoms with van der Waals surface area (Å²) < 4.78 is 13.0. The Morgan fingerprint density at radius 1 is 1.41 bits per heavy atom. The highest BCUT2D eigenvalue weighted by Crippen LogP contribution is 2.21. The van der Waals surface area contributed by atoms with Crippen LogP contribution in [0.4, 0.5) is 4.39 Å². The minimum Gasteiger partial charge on any atom is -0.316 e. The van der Waals surface area contributed by atoms with Crippen molar-refractivity contribution in [3.05, 3.63) is 30.1 Å². The SMILES string of the molecule is CCC(C)CC(CSc1cccc(F)c1)NC. The first-order valence-electron chi connectivity index (χ1n) is 6.21. The number of hydrogen-bond acceptors (Lipinski definition) is 2. The van der Waals surface area contributed by atoms with Crippen LogP contribution >= 0.6 is 11.8 Å². The van der Waals surface area contributed by atoms with Crippen LogP contribution in [-0.2, 0) is 0 Å². The zero-order valence-corrected chi connectivity index (χ0v) is 11.7. The van der Waals surface area contributed by atoms with Gasteiger partial charge in [-0.25, -0.2) is 4.39 Å². The molecule has 1 rings (SSSR count). The lowest BCUT2D eigenvalue weighted by Crippen LogP contribution is -2.29. The van der Waals surface area contributed by atoms with Gasteiger partial charge in [0.05, 0.1) is 0 Å². The second kappa shape index (κ2) is 7.72. The summed E-state index contributed by atoms with van der Waals surface area (Å²) in [5, 5.41) is 3.34. The molecule has 0 saturated carbocycles. The van der Waals surface area contributed by atoms with Gasteiger partial charge >= 0.3 is 0 Å². The molecular formula is C14H22FNS. The van der Waals surface area contributed by atoms with Crippen molar-refractivity contribution in [1.82, 2.24) is 5.32 Å². The van der Waals surface area contributed by atoms with Gasteiger partial charge in [0.15, 0.2) is 0 Å². The van der Waals surface area contributed by atoms with E-state index >= 15 is 0 Å². The maximum absolute atomic E-state index is 13.0. The number of thioether (sulfide) groups is 1. The monoisotopic (exact) mass is 255 g/mol. The standard InChI is InChI=1S/C14H22FNS/c1-4-11(2)8-13(16-3)10-17-14-7-5-6-12(15)9-14/h5-7,9,11,13,16H,4,8,10H2,1-3H3. The van der Waals surface area contributed by atoms with Crippen LogP contribution in [0.1, 0.15) is 26.7 Å². The Hall–Kier alpha value is -0.540. The van der Waals surface area contributed by atoms with E-state index in [1.54, 1.807) is 23.9 Å². The molecule has 0 spiro atoms. The highest BCUT2D eigenvalue weighted by Gasteiger charge is 2.10. The lowest BCUT2D eigenvalue weighted by atomic mass is 10.0. The smallest absolute Gasteiger partial charge is 0.124 e. The third kappa shape index (κ3) is 5.55. The topological polar surface area (TPSA) is 12.0 Å². The van der Waals surface area contributed by atoms with Crippen molar-refractivity contribution in [2.24, 2.45) is 5.92 Å². The Bertz CT molecular complexity index is 330. The zero-order valence-electron chi connectivity index (χ0n) is 10.9. The molecular weight excluding hydrogens is 233 g/mol. The van der Waals surface area contributed by atoms with E-state index in [-0.39, 0.29) is 5.82 Å². The summed E-state index contributed by atoms with van der Waals surface area (Å²) in [6.45, 7) is 4.49. The summed E-state index contributed by atoms with van der Waals surface area (Å²) >= 11 is 1.72. The van der Waals surface area contributed by atoms with Crippen LogP contribution in [0.2, 0.25) is 0 Å². The minimum atomic E-state index is -0.155. The molecule has 0 aliphatic carbocycles. The summed E-state index contributed by atoms with van der Waals surface area (Å²) in [5.41, 5.74) is 0. The molecule has 0 aliphatic rings. The van der Waals surface area contributed by atoms with Gasteiger partial charge in [0, 0.05) is 16.7 Å². The fourth-order valence-electron chi connectivity index (χ4n) is 1.68. The molecule has 0 amide bonds. The molecule has 1 nitrogen and oxygen atoms in total. The third-order valence-electron chi connectivity index (χ3n) is 3.04. The van der Waals surface area contributed by atoms with Crippen molar-refractivity contribution < 1.29 is 4.39 Å². The molecule has 0 aliphatic heterocycles. The number of hydrogen-bond donors (Lipinski definition) is 1. The summed E-state index contributed by atoms with van der Waals surface area (Å²) in [7, 11) is 2.00. The Morgan fingerprint density at radius 2 is 2.18 bits per heavy atom. The van der Waals surface area contributed by atoms with Gasteiger partial charge in [-0.2, -0.15) is 0 Å². The van der Waals surface area contributed by atoms with Crippen LogP contribution in [0.5, 0.6) is 0 Å². The lowest BCUT2D eigenvalue weighted by molar-refractivity contribution is 0.436. The molecule has 17 heavy (non-hydrogen) atoms. The zero-order chi connectivity index (χ0) is 12.7. The van der Waals surface area contributed by atoms with E-state index in [9.17, 15) is 4.39 Å². The van der Waals surface area contributed by atoms with E-state index < -0.39 is 0 Å². The van der Waals surface area contributed by atoms with Crippen LogP contribution in [0.25, 0.3) is 0 Å². The minimum absolute atomic E-state index is 0.155. The number of halogens is 1. The van der Waals surface area contributed by atoms with Gasteiger partial charge in [-0.05, 0) is 37.6 Å². The van der Waals surface area contributed by atoms with Crippen LogP contribution in [0.15, 0.2) is 29.2 Å². The molecule has 2 atom stereocenters. The number of rotatable bonds is 7. The van der Waals surface area contributed by atoms with Gasteiger partial charge in [-0.3, -0.25) is 0 Å². The van der Waals surface area contributed by atoms with Crippen molar-refractivity contribution in [3.8, 4) is 0 Å². The first-order valence-corrected chi connectivity index (χ1v) is 7.19. The molecule has 0 saturated heterocycles. The van der Waals surface area contributed by atoms with Gasteiger partial charge in [0.1, 0.15) is 5.82 Å². The average molecular weight is 255 g/mol. The average Bonchev–Trinajstić information content (AvgIpc) is 2.34. The Balaban J connectivity index is 2.42. The largest absolute Gasteiger partial charge is 0.316 e. The Labute approximate surface area is 108 Å². The highest BCUT2D eigenvalue weighted by molar-refractivity contribution is 7.99. The van der Waals surface area contributed by atoms with Crippen LogP contribution in [-0.4, -0.2) is 18.8 Å². The highest BCUT2D eigenvalue weighted by atomic mass is 32.2. The van der Waals surface area contributed by atoms with Crippen LogP contribution in [0.3, 0.4) is 0 Å². The molecule has 1 aromatic rings. The fraction of sp³-hybridized carbons (Fsp3) is 0.571. The predicted molar refractivity (Wildman–Crippen MR) is 74.0 cm³/mol. The molecule has 0 aromatic heterocycles. The van der Waals surface area contributed by atoms with E-state index in [2.05, 4.69) is 19.2 Å². The van der Waals surface area contributed by atoms with Crippen molar-refractivity contribution in [3.63, 3.8) is 0 Å². The van der Waals surface area contributed by atoms with E-state index in [1.807, 2.05) is 13.1 Å². The van der Waals surface area contributed by atoms with Gasteiger partial charge in [0.25, 0.3) is 0 Å². The number of benzene rings is 1.